The normalized spacial score (nSPS) is 16.0. The topological polar surface area (TPSA) is 74.3 Å². The molecule has 1 heterocycles. The van der Waals surface area contributed by atoms with Crippen LogP contribution in [0.3, 0.4) is 0 Å². The van der Waals surface area contributed by atoms with Gasteiger partial charge >= 0.3 is 11.9 Å². The van der Waals surface area contributed by atoms with Crippen LogP contribution < -0.4 is 14.4 Å². The molecule has 42 heavy (non-hydrogen) atoms. The van der Waals surface area contributed by atoms with Crippen LogP contribution in [0, 0.1) is 11.8 Å². The summed E-state index contributed by atoms with van der Waals surface area (Å²) in [6, 6.07) is 23.4. The van der Waals surface area contributed by atoms with Crippen molar-refractivity contribution in [2.75, 3.05) is 38.3 Å². The van der Waals surface area contributed by atoms with Gasteiger partial charge in [-0.15, -0.1) is 0 Å². The first-order chi connectivity index (χ1) is 20.5. The van der Waals surface area contributed by atoms with E-state index in [0.717, 1.165) is 61.3 Å². The van der Waals surface area contributed by atoms with Crippen LogP contribution >= 0.6 is 0 Å². The van der Waals surface area contributed by atoms with Crippen molar-refractivity contribution in [3.05, 3.63) is 89.5 Å². The van der Waals surface area contributed by atoms with E-state index in [2.05, 4.69) is 17.0 Å². The molecule has 1 saturated heterocycles. The number of hydrogen-bond donors (Lipinski definition) is 0. The molecule has 0 N–H and O–H groups in total. The van der Waals surface area contributed by atoms with E-state index in [1.54, 1.807) is 19.2 Å². The number of anilines is 1. The first kappa shape index (κ1) is 29.5. The van der Waals surface area contributed by atoms with E-state index < -0.39 is 0 Å². The van der Waals surface area contributed by atoms with E-state index in [1.807, 2.05) is 55.5 Å². The monoisotopic (exact) mass is 571 g/mol. The maximum absolute atomic E-state index is 13.1. The van der Waals surface area contributed by atoms with Crippen LogP contribution in [-0.2, 0) is 20.9 Å². The number of nitrogens with zero attached hydrogens (tertiary/aromatic N) is 1. The molecule has 0 bridgehead atoms. The number of carbonyl (C=O) groups is 2. The zero-order chi connectivity index (χ0) is 29.3. The third-order valence-electron chi connectivity index (χ3n) is 8.25. The summed E-state index contributed by atoms with van der Waals surface area (Å²) in [7, 11) is 1.63. The Bertz CT molecular complexity index is 1330. The molecule has 1 unspecified atom stereocenters. The van der Waals surface area contributed by atoms with Crippen LogP contribution in [0.1, 0.15) is 66.4 Å². The van der Waals surface area contributed by atoms with Crippen LogP contribution in [0.15, 0.2) is 72.8 Å². The van der Waals surface area contributed by atoms with Gasteiger partial charge in [-0.3, -0.25) is 4.79 Å². The minimum atomic E-state index is -0.339. The number of benzene rings is 3. The van der Waals surface area contributed by atoms with Gasteiger partial charge < -0.3 is 23.8 Å². The molecule has 3 aromatic rings. The van der Waals surface area contributed by atoms with E-state index in [4.69, 9.17) is 18.9 Å². The van der Waals surface area contributed by atoms with Crippen molar-refractivity contribution in [1.29, 1.82) is 0 Å². The molecule has 1 saturated carbocycles. The largest absolute Gasteiger partial charge is 0.497 e. The highest BCUT2D eigenvalue weighted by Gasteiger charge is 2.34. The third kappa shape index (κ3) is 7.84. The predicted octanol–water partition coefficient (Wildman–Crippen LogP) is 6.79. The second-order valence-electron chi connectivity index (χ2n) is 11.2. The Labute approximate surface area is 248 Å². The smallest absolute Gasteiger partial charge is 0.340 e. The summed E-state index contributed by atoms with van der Waals surface area (Å²) in [6.45, 7) is 4.74. The highest BCUT2D eigenvalue weighted by Crippen LogP contribution is 2.45. The highest BCUT2D eigenvalue weighted by atomic mass is 16.5. The van der Waals surface area contributed by atoms with Crippen molar-refractivity contribution in [2.24, 2.45) is 11.8 Å². The lowest BCUT2D eigenvalue weighted by Gasteiger charge is -2.34. The maximum atomic E-state index is 13.1. The number of piperidine rings is 1. The van der Waals surface area contributed by atoms with E-state index in [0.29, 0.717) is 42.8 Å². The Morgan fingerprint density at radius 2 is 1.67 bits per heavy atom. The molecule has 5 rings (SSSR count). The third-order valence-corrected chi connectivity index (χ3v) is 8.25. The molecule has 7 heteroatoms. The van der Waals surface area contributed by atoms with Crippen LogP contribution in [0.4, 0.5) is 5.69 Å². The maximum Gasteiger partial charge on any atom is 0.340 e. The molecule has 0 radical (unpaired) electrons. The Morgan fingerprint density at radius 3 is 2.38 bits per heavy atom. The number of esters is 2. The van der Waals surface area contributed by atoms with Crippen molar-refractivity contribution < 1.29 is 28.5 Å². The molecule has 2 fully saturated rings. The summed E-state index contributed by atoms with van der Waals surface area (Å²) in [5.41, 5.74) is 3.50. The number of ether oxygens (including phenoxy) is 4. The SMILES string of the molecule is CCOC(=O)CC(c1cccc(OCC2CCN(c3cc(OC)ccc3C(=O)OCc3ccccc3)CC2)c1)C1CC1. The lowest BCUT2D eigenvalue weighted by Crippen LogP contribution is -2.36. The molecule has 7 nitrogen and oxygen atoms in total. The van der Waals surface area contributed by atoms with Crippen LogP contribution in [-0.4, -0.2) is 45.4 Å². The lowest BCUT2D eigenvalue weighted by atomic mass is 9.91. The average molecular weight is 572 g/mol. The molecule has 3 aromatic carbocycles. The van der Waals surface area contributed by atoms with Crippen LogP contribution in [0.25, 0.3) is 0 Å². The molecule has 222 valence electrons. The van der Waals surface area contributed by atoms with Crippen molar-refractivity contribution in [3.63, 3.8) is 0 Å². The average Bonchev–Trinajstić information content (AvgIpc) is 3.88. The molecule has 0 aromatic heterocycles. The summed E-state index contributed by atoms with van der Waals surface area (Å²) in [4.78, 5) is 27.5. The van der Waals surface area contributed by atoms with E-state index >= 15 is 0 Å². The Hall–Kier alpha value is -4.00. The molecule has 1 atom stereocenters. The zero-order valence-corrected chi connectivity index (χ0v) is 24.6. The molecule has 0 spiro atoms. The number of carbonyl (C=O) groups excluding carboxylic acids is 2. The quantitative estimate of drug-likeness (QED) is 0.209. The van der Waals surface area contributed by atoms with Gasteiger partial charge in [-0.2, -0.15) is 0 Å². The van der Waals surface area contributed by atoms with Crippen LogP contribution in [0.5, 0.6) is 11.5 Å². The fourth-order valence-corrected chi connectivity index (χ4v) is 5.72. The van der Waals surface area contributed by atoms with Crippen molar-refractivity contribution in [3.8, 4) is 11.5 Å². The summed E-state index contributed by atoms with van der Waals surface area (Å²) in [6.07, 6.45) is 4.64. The van der Waals surface area contributed by atoms with Gasteiger partial charge in [-0.25, -0.2) is 4.79 Å². The Balaban J connectivity index is 1.17. The lowest BCUT2D eigenvalue weighted by molar-refractivity contribution is -0.143. The predicted molar refractivity (Wildman–Crippen MR) is 162 cm³/mol. The Morgan fingerprint density at radius 1 is 0.881 bits per heavy atom. The first-order valence-electron chi connectivity index (χ1n) is 15.1. The number of hydrogen-bond acceptors (Lipinski definition) is 7. The van der Waals surface area contributed by atoms with Crippen LogP contribution in [0.2, 0.25) is 0 Å². The summed E-state index contributed by atoms with van der Waals surface area (Å²) < 4.78 is 22.6. The van der Waals surface area contributed by atoms with Gasteiger partial charge in [-0.1, -0.05) is 42.5 Å². The molecular weight excluding hydrogens is 530 g/mol. The summed E-state index contributed by atoms with van der Waals surface area (Å²) in [5, 5.41) is 0. The van der Waals surface area contributed by atoms with Gasteiger partial charge in [0.1, 0.15) is 18.1 Å². The van der Waals surface area contributed by atoms with Gasteiger partial charge in [0.2, 0.25) is 0 Å². The minimum absolute atomic E-state index is 0.129. The Kier molecular flexibility index (Phi) is 10.0. The van der Waals surface area contributed by atoms with Gasteiger partial charge in [0, 0.05) is 19.2 Å². The molecule has 1 aliphatic carbocycles. The number of rotatable bonds is 13. The van der Waals surface area contributed by atoms with Crippen molar-refractivity contribution in [1.82, 2.24) is 0 Å². The number of methoxy groups -OCH3 is 1. The summed E-state index contributed by atoms with van der Waals surface area (Å²) >= 11 is 0. The highest BCUT2D eigenvalue weighted by molar-refractivity contribution is 5.96. The zero-order valence-electron chi connectivity index (χ0n) is 24.6. The van der Waals surface area contributed by atoms with E-state index in [9.17, 15) is 9.59 Å². The van der Waals surface area contributed by atoms with E-state index in [1.165, 1.54) is 0 Å². The minimum Gasteiger partial charge on any atom is -0.497 e. The van der Waals surface area contributed by atoms with E-state index in [-0.39, 0.29) is 24.5 Å². The molecule has 1 aliphatic heterocycles. The van der Waals surface area contributed by atoms with Gasteiger partial charge in [-0.05, 0) is 85.8 Å². The molecule has 2 aliphatic rings. The first-order valence-corrected chi connectivity index (χ1v) is 15.1. The van der Waals surface area contributed by atoms with Crippen molar-refractivity contribution >= 4 is 17.6 Å². The second-order valence-corrected chi connectivity index (χ2v) is 11.2. The standard InChI is InChI=1S/C35H41NO6/c1-3-40-34(37)22-32(27-12-13-27)28-10-7-11-30(20-28)41-23-26-16-18-36(19-17-26)33-21-29(39-2)14-15-31(33)35(38)42-24-25-8-5-4-6-9-25/h4-11,14-15,20-21,26-27,32H,3,12-13,16-19,22-24H2,1-2H3. The van der Waals surface area contributed by atoms with Gasteiger partial charge in [0.05, 0.1) is 38.0 Å². The van der Waals surface area contributed by atoms with Gasteiger partial charge in [0.25, 0.3) is 0 Å². The molecular formula is C35H41NO6. The van der Waals surface area contributed by atoms with Gasteiger partial charge in [0.15, 0.2) is 0 Å². The molecule has 0 amide bonds. The second kappa shape index (κ2) is 14.3. The fourth-order valence-electron chi connectivity index (χ4n) is 5.72. The van der Waals surface area contributed by atoms with Crippen molar-refractivity contribution in [2.45, 2.75) is 51.6 Å². The fraction of sp³-hybridized carbons (Fsp3) is 0.429. The summed E-state index contributed by atoms with van der Waals surface area (Å²) in [5.74, 6) is 2.23.